The summed E-state index contributed by atoms with van der Waals surface area (Å²) in [7, 11) is 3.62. The van der Waals surface area contributed by atoms with Gasteiger partial charge in [-0.15, -0.1) is 0 Å². The molecule has 1 aliphatic heterocycles. The molecule has 0 bridgehead atoms. The van der Waals surface area contributed by atoms with Gasteiger partial charge in [-0.1, -0.05) is 24.3 Å². The van der Waals surface area contributed by atoms with Gasteiger partial charge in [-0.3, -0.25) is 0 Å². The van der Waals surface area contributed by atoms with E-state index >= 15 is 0 Å². The summed E-state index contributed by atoms with van der Waals surface area (Å²) in [6.45, 7) is 2.89. The van der Waals surface area contributed by atoms with E-state index < -0.39 is 0 Å². The molecule has 0 spiro atoms. The number of amidine groups is 1. The second-order valence-corrected chi connectivity index (χ2v) is 7.05. The third-order valence-corrected chi connectivity index (χ3v) is 5.29. The van der Waals surface area contributed by atoms with E-state index in [2.05, 4.69) is 26.8 Å². The number of aromatic nitrogens is 1. The molecule has 1 aliphatic rings. The van der Waals surface area contributed by atoms with Crippen molar-refractivity contribution >= 4 is 17.3 Å². The van der Waals surface area contributed by atoms with Gasteiger partial charge in [0.1, 0.15) is 5.82 Å². The molecule has 0 amide bonds. The van der Waals surface area contributed by atoms with Gasteiger partial charge in [-0.2, -0.15) is 5.10 Å². The molecule has 162 valence electrons. The minimum Gasteiger partial charge on any atom is -0.388 e. The van der Waals surface area contributed by atoms with Crippen LogP contribution in [0.4, 0.5) is 11.5 Å². The van der Waals surface area contributed by atoms with Crippen molar-refractivity contribution in [3.8, 4) is 11.3 Å². The van der Waals surface area contributed by atoms with E-state index in [9.17, 15) is 0 Å². The first-order chi connectivity index (χ1) is 14.7. The molecule has 1 fully saturated rings. The minimum atomic E-state index is 0.350. The Morgan fingerprint density at radius 1 is 1.30 bits per heavy atom. The Bertz CT molecular complexity index is 853. The number of benzene rings is 1. The van der Waals surface area contributed by atoms with Gasteiger partial charge in [0.25, 0.3) is 0 Å². The van der Waals surface area contributed by atoms with Gasteiger partial charge in [0.2, 0.25) is 0 Å². The lowest BCUT2D eigenvalue weighted by molar-refractivity contribution is 0.0826. The van der Waals surface area contributed by atoms with Gasteiger partial charge in [0.05, 0.1) is 12.3 Å². The Kier molecular flexibility index (Phi) is 7.83. The number of pyridine rings is 1. The third kappa shape index (κ3) is 4.99. The Morgan fingerprint density at radius 2 is 2.07 bits per heavy atom. The van der Waals surface area contributed by atoms with Crippen molar-refractivity contribution in [2.24, 2.45) is 16.8 Å². The van der Waals surface area contributed by atoms with Crippen molar-refractivity contribution in [1.29, 1.82) is 0 Å². The molecule has 1 aromatic carbocycles. The number of methoxy groups -OCH3 is 1. The monoisotopic (exact) mass is 413 g/mol. The quantitative estimate of drug-likeness (QED) is 0.222. The molecule has 0 aliphatic carbocycles. The lowest BCUT2D eigenvalue weighted by atomic mass is 10.0. The first kappa shape index (κ1) is 21.8. The van der Waals surface area contributed by atoms with Crippen molar-refractivity contribution in [1.82, 2.24) is 10.4 Å². The van der Waals surface area contributed by atoms with Crippen LogP contribution in [-0.2, 0) is 9.47 Å². The molecule has 0 saturated carbocycles. The Balaban J connectivity index is 2.07. The molecule has 0 atom stereocenters. The summed E-state index contributed by atoms with van der Waals surface area (Å²) in [6, 6.07) is 12.2. The number of hydrazone groups is 1. The van der Waals surface area contributed by atoms with Gasteiger partial charge in [-0.05, 0) is 18.9 Å². The molecule has 3 rings (SSSR count). The summed E-state index contributed by atoms with van der Waals surface area (Å²) in [5.74, 6) is 12.4. The maximum Gasteiger partial charge on any atom is 0.167 e. The topological polar surface area (TPSA) is 123 Å². The molecule has 0 radical (unpaired) electrons. The zero-order valence-corrected chi connectivity index (χ0v) is 17.6. The van der Waals surface area contributed by atoms with Crippen LogP contribution in [0.5, 0.6) is 0 Å². The summed E-state index contributed by atoms with van der Waals surface area (Å²) in [5, 5.41) is 7.02. The second kappa shape index (κ2) is 10.8. The van der Waals surface area contributed by atoms with Crippen molar-refractivity contribution in [2.75, 3.05) is 50.7 Å². The average Bonchev–Trinajstić information content (AvgIpc) is 2.81. The lowest BCUT2D eigenvalue weighted by Gasteiger charge is -2.35. The van der Waals surface area contributed by atoms with Crippen LogP contribution in [0.25, 0.3) is 11.3 Å². The Morgan fingerprint density at radius 3 is 2.73 bits per heavy atom. The molecular weight excluding hydrogens is 382 g/mol. The minimum absolute atomic E-state index is 0.350. The molecule has 2 heterocycles. The number of hydrogen-bond acceptors (Lipinski definition) is 8. The van der Waals surface area contributed by atoms with Crippen LogP contribution >= 0.6 is 0 Å². The van der Waals surface area contributed by atoms with E-state index in [4.69, 9.17) is 26.1 Å². The summed E-state index contributed by atoms with van der Waals surface area (Å²) in [6.07, 6.45) is 1.92. The van der Waals surface area contributed by atoms with Gasteiger partial charge in [0, 0.05) is 62.8 Å². The smallest absolute Gasteiger partial charge is 0.167 e. The molecular formula is C21H31N7O2. The van der Waals surface area contributed by atoms with Gasteiger partial charge >= 0.3 is 0 Å². The normalized spacial score (nSPS) is 15.1. The Labute approximate surface area is 177 Å². The largest absolute Gasteiger partial charge is 0.388 e. The standard InChI is InChI=1S/C21H31N7O2/c1-24-15-13-19(17-5-3-4-6-18(17)21(26-22)27-23)25-20(14-15)28(9-12-29-2)16-7-10-30-11-8-16/h3-6,13-14,16H,7-12,22-23H2,1-2H3,(H,24,25)(H,26,27). The highest BCUT2D eigenvalue weighted by molar-refractivity contribution is 6.03. The van der Waals surface area contributed by atoms with E-state index in [-0.39, 0.29) is 0 Å². The predicted molar refractivity (Wildman–Crippen MR) is 120 cm³/mol. The average molecular weight is 414 g/mol. The van der Waals surface area contributed by atoms with E-state index in [0.717, 1.165) is 60.9 Å². The summed E-state index contributed by atoms with van der Waals surface area (Å²) in [4.78, 5) is 7.33. The number of rotatable bonds is 8. The fourth-order valence-electron chi connectivity index (χ4n) is 3.71. The summed E-state index contributed by atoms with van der Waals surface area (Å²) in [5.41, 5.74) is 6.00. The van der Waals surface area contributed by atoms with Crippen molar-refractivity contribution in [2.45, 2.75) is 18.9 Å². The number of ether oxygens (including phenoxy) is 2. The number of nitrogens with zero attached hydrogens (tertiary/aromatic N) is 3. The maximum atomic E-state index is 5.62. The number of nitrogens with one attached hydrogen (secondary N) is 2. The summed E-state index contributed by atoms with van der Waals surface area (Å²) >= 11 is 0. The van der Waals surface area contributed by atoms with Crippen LogP contribution in [0.15, 0.2) is 41.5 Å². The molecule has 30 heavy (non-hydrogen) atoms. The number of hydrogen-bond donors (Lipinski definition) is 4. The van der Waals surface area contributed by atoms with E-state index in [1.54, 1.807) is 7.11 Å². The highest BCUT2D eigenvalue weighted by atomic mass is 16.5. The molecule has 9 nitrogen and oxygen atoms in total. The fraction of sp³-hybridized carbons (Fsp3) is 0.429. The van der Waals surface area contributed by atoms with Crippen LogP contribution in [0, 0.1) is 0 Å². The molecule has 1 aromatic heterocycles. The van der Waals surface area contributed by atoms with Crippen LogP contribution in [0.2, 0.25) is 0 Å². The lowest BCUT2D eigenvalue weighted by Crippen LogP contribution is -2.42. The van der Waals surface area contributed by atoms with Crippen LogP contribution in [0.1, 0.15) is 18.4 Å². The number of hydrazine groups is 1. The van der Waals surface area contributed by atoms with Gasteiger partial charge in [0.15, 0.2) is 5.84 Å². The van der Waals surface area contributed by atoms with Crippen molar-refractivity contribution in [3.63, 3.8) is 0 Å². The van der Waals surface area contributed by atoms with E-state index in [1.165, 1.54) is 0 Å². The molecule has 6 N–H and O–H groups in total. The molecule has 2 aromatic rings. The highest BCUT2D eigenvalue weighted by Crippen LogP contribution is 2.30. The zero-order valence-electron chi connectivity index (χ0n) is 17.6. The van der Waals surface area contributed by atoms with Crippen LogP contribution < -0.4 is 27.3 Å². The first-order valence-electron chi connectivity index (χ1n) is 10.1. The molecule has 0 unspecified atom stereocenters. The third-order valence-electron chi connectivity index (χ3n) is 5.29. The van der Waals surface area contributed by atoms with Crippen LogP contribution in [0.3, 0.4) is 0 Å². The first-order valence-corrected chi connectivity index (χ1v) is 10.1. The van der Waals surface area contributed by atoms with Crippen molar-refractivity contribution < 1.29 is 9.47 Å². The highest BCUT2D eigenvalue weighted by Gasteiger charge is 2.24. The van der Waals surface area contributed by atoms with Gasteiger partial charge in [-0.25, -0.2) is 10.8 Å². The SMILES string of the molecule is CNc1cc(-c2ccccc2/C(=N/N)NN)nc(N(CCOC)C2CCOCC2)c1. The summed E-state index contributed by atoms with van der Waals surface area (Å²) < 4.78 is 10.9. The number of anilines is 2. The fourth-order valence-corrected chi connectivity index (χ4v) is 3.71. The maximum absolute atomic E-state index is 5.62. The van der Waals surface area contributed by atoms with E-state index in [0.29, 0.717) is 18.5 Å². The zero-order chi connectivity index (χ0) is 21.3. The van der Waals surface area contributed by atoms with E-state index in [1.807, 2.05) is 37.4 Å². The Hall–Kier alpha value is -2.88. The van der Waals surface area contributed by atoms with Gasteiger partial charge < -0.3 is 31.0 Å². The second-order valence-electron chi connectivity index (χ2n) is 7.05. The molecule has 9 heteroatoms. The van der Waals surface area contributed by atoms with Crippen LogP contribution in [-0.4, -0.2) is 57.4 Å². The van der Waals surface area contributed by atoms with Crippen molar-refractivity contribution in [3.05, 3.63) is 42.0 Å². The predicted octanol–water partition coefficient (Wildman–Crippen LogP) is 1.51. The molecule has 1 saturated heterocycles. The number of nitrogens with two attached hydrogens (primary N) is 2.